The average molecular weight is 389 g/mol. The molecule has 0 amide bonds. The maximum absolute atomic E-state index is 12.9. The molecule has 1 aliphatic rings. The average Bonchev–Trinajstić information content (AvgIpc) is 2.67. The summed E-state index contributed by atoms with van der Waals surface area (Å²) in [6.45, 7) is 0. The quantitative estimate of drug-likeness (QED) is 0.585. The smallest absolute Gasteiger partial charge is 0.327 e. The number of pyridine rings is 1. The van der Waals surface area contributed by atoms with E-state index in [0.29, 0.717) is 22.1 Å². The fourth-order valence-electron chi connectivity index (χ4n) is 3.02. The third-order valence-electron chi connectivity index (χ3n) is 4.27. The lowest BCUT2D eigenvalue weighted by Gasteiger charge is -2.35. The van der Waals surface area contributed by atoms with E-state index in [1.54, 1.807) is 30.7 Å². The number of hydrogen-bond acceptors (Lipinski definition) is 4. The molecule has 0 radical (unpaired) electrons. The molecule has 0 aliphatic carbocycles. The van der Waals surface area contributed by atoms with Gasteiger partial charge in [-0.15, -0.1) is 0 Å². The Morgan fingerprint density at radius 2 is 1.74 bits per heavy atom. The zero-order valence-corrected chi connectivity index (χ0v) is 14.5. The van der Waals surface area contributed by atoms with E-state index >= 15 is 0 Å². The number of fused-ring (bicyclic) bond motifs is 1. The third kappa shape index (κ3) is 3.26. The Hall–Kier alpha value is -2.93. The Bertz CT molecular complexity index is 1000. The molecule has 4 nitrogen and oxygen atoms in total. The summed E-state index contributed by atoms with van der Waals surface area (Å²) in [5.74, 6) is 0. The van der Waals surface area contributed by atoms with Gasteiger partial charge in [-0.1, -0.05) is 23.8 Å². The minimum atomic E-state index is -4.40. The molecule has 136 valence electrons. The Balaban J connectivity index is 1.85. The van der Waals surface area contributed by atoms with Crippen molar-refractivity contribution in [3.63, 3.8) is 0 Å². The lowest BCUT2D eigenvalue weighted by Crippen LogP contribution is -2.26. The van der Waals surface area contributed by atoms with E-state index in [4.69, 9.17) is 11.6 Å². The lowest BCUT2D eigenvalue weighted by atomic mass is 10.0. The number of rotatable bonds is 2. The van der Waals surface area contributed by atoms with Gasteiger partial charge in [-0.25, -0.2) is 0 Å². The molecule has 0 saturated heterocycles. The predicted octanol–water partition coefficient (Wildman–Crippen LogP) is 5.45. The first-order chi connectivity index (χ1) is 12.9. The standard InChI is InChI=1S/C19H12ClF3N4/c20-15-2-1-9-24-18(15)16-8-3-12-10-25-26-11-17(12)27(16)14-6-4-13(5-7-14)19(21,22)23/h1-11,16H. The highest BCUT2D eigenvalue weighted by Gasteiger charge is 2.32. The van der Waals surface area contributed by atoms with Crippen LogP contribution in [0, 0.1) is 0 Å². The van der Waals surface area contributed by atoms with Crippen molar-refractivity contribution in [2.24, 2.45) is 0 Å². The largest absolute Gasteiger partial charge is 0.416 e. The van der Waals surface area contributed by atoms with Crippen molar-refractivity contribution in [2.75, 3.05) is 4.90 Å². The van der Waals surface area contributed by atoms with Crippen LogP contribution in [-0.4, -0.2) is 15.2 Å². The fourth-order valence-corrected chi connectivity index (χ4v) is 3.26. The molecule has 3 aromatic rings. The van der Waals surface area contributed by atoms with Crippen LogP contribution < -0.4 is 4.90 Å². The number of halogens is 4. The summed E-state index contributed by atoms with van der Waals surface area (Å²) in [5, 5.41) is 8.26. The highest BCUT2D eigenvalue weighted by atomic mass is 35.5. The molecule has 1 unspecified atom stereocenters. The summed E-state index contributed by atoms with van der Waals surface area (Å²) in [4.78, 5) is 6.21. The van der Waals surface area contributed by atoms with Gasteiger partial charge in [-0.3, -0.25) is 4.98 Å². The van der Waals surface area contributed by atoms with Crippen LogP contribution in [-0.2, 0) is 6.18 Å². The van der Waals surface area contributed by atoms with E-state index in [2.05, 4.69) is 15.2 Å². The second-order valence-corrected chi connectivity index (χ2v) is 6.33. The van der Waals surface area contributed by atoms with Gasteiger partial charge in [0.05, 0.1) is 40.4 Å². The first-order valence-electron chi connectivity index (χ1n) is 8.01. The van der Waals surface area contributed by atoms with Crippen LogP contribution in [0.3, 0.4) is 0 Å². The normalized spacial score (nSPS) is 16.3. The topological polar surface area (TPSA) is 41.9 Å². The molecule has 1 aliphatic heterocycles. The Morgan fingerprint density at radius 1 is 1.00 bits per heavy atom. The summed E-state index contributed by atoms with van der Waals surface area (Å²) in [7, 11) is 0. The molecule has 3 heterocycles. The highest BCUT2D eigenvalue weighted by Crippen LogP contribution is 2.42. The maximum Gasteiger partial charge on any atom is 0.416 e. The summed E-state index contributed by atoms with van der Waals surface area (Å²) >= 11 is 6.32. The van der Waals surface area contributed by atoms with Gasteiger partial charge in [-0.05, 0) is 36.4 Å². The van der Waals surface area contributed by atoms with Crippen LogP contribution in [0.25, 0.3) is 6.08 Å². The minimum absolute atomic E-state index is 0.396. The van der Waals surface area contributed by atoms with E-state index in [-0.39, 0.29) is 0 Å². The summed E-state index contributed by atoms with van der Waals surface area (Å²) in [6.07, 6.45) is 4.16. The molecule has 0 N–H and O–H groups in total. The van der Waals surface area contributed by atoms with Crippen LogP contribution in [0.15, 0.2) is 61.1 Å². The zero-order valence-electron chi connectivity index (χ0n) is 13.7. The number of benzene rings is 1. The van der Waals surface area contributed by atoms with Gasteiger partial charge in [0.15, 0.2) is 0 Å². The Kier molecular flexibility index (Phi) is 4.31. The summed E-state index contributed by atoms with van der Waals surface area (Å²) in [6, 6.07) is 8.01. The lowest BCUT2D eigenvalue weighted by molar-refractivity contribution is -0.137. The maximum atomic E-state index is 12.9. The van der Waals surface area contributed by atoms with Crippen molar-refractivity contribution in [3.05, 3.63) is 82.9 Å². The molecule has 1 atom stereocenters. The van der Waals surface area contributed by atoms with Crippen LogP contribution >= 0.6 is 11.6 Å². The molecular weight excluding hydrogens is 377 g/mol. The van der Waals surface area contributed by atoms with Gasteiger partial charge in [0.2, 0.25) is 0 Å². The first-order valence-corrected chi connectivity index (χ1v) is 8.39. The van der Waals surface area contributed by atoms with E-state index < -0.39 is 17.8 Å². The number of hydrogen-bond donors (Lipinski definition) is 0. The fraction of sp³-hybridized carbons (Fsp3) is 0.105. The van der Waals surface area contributed by atoms with Crippen molar-refractivity contribution in [3.8, 4) is 0 Å². The number of aromatic nitrogens is 3. The predicted molar refractivity (Wildman–Crippen MR) is 96.6 cm³/mol. The summed E-state index contributed by atoms with van der Waals surface area (Å²) in [5.41, 5.74) is 1.96. The van der Waals surface area contributed by atoms with Crippen molar-refractivity contribution >= 4 is 29.1 Å². The van der Waals surface area contributed by atoms with Crippen LogP contribution in [0.5, 0.6) is 0 Å². The SMILES string of the molecule is FC(F)(F)c1ccc(N2c3cnncc3C=CC2c2ncccc2Cl)cc1. The molecule has 0 spiro atoms. The van der Waals surface area contributed by atoms with Gasteiger partial charge in [0, 0.05) is 17.4 Å². The van der Waals surface area contributed by atoms with Gasteiger partial charge in [0.1, 0.15) is 0 Å². The number of alkyl halides is 3. The van der Waals surface area contributed by atoms with Gasteiger partial charge in [-0.2, -0.15) is 23.4 Å². The minimum Gasteiger partial charge on any atom is -0.327 e. The van der Waals surface area contributed by atoms with E-state index in [0.717, 1.165) is 17.7 Å². The van der Waals surface area contributed by atoms with Crippen LogP contribution in [0.1, 0.15) is 22.9 Å². The highest BCUT2D eigenvalue weighted by molar-refractivity contribution is 6.31. The molecule has 4 rings (SSSR count). The molecule has 0 saturated carbocycles. The Morgan fingerprint density at radius 3 is 2.44 bits per heavy atom. The molecule has 0 fully saturated rings. The van der Waals surface area contributed by atoms with Crippen LogP contribution in [0.2, 0.25) is 5.02 Å². The molecule has 1 aromatic carbocycles. The molecule has 0 bridgehead atoms. The van der Waals surface area contributed by atoms with Crippen LogP contribution in [0.4, 0.5) is 24.5 Å². The Labute approximate surface area is 157 Å². The second-order valence-electron chi connectivity index (χ2n) is 5.92. The second kappa shape index (κ2) is 6.66. The van der Waals surface area contributed by atoms with E-state index in [1.807, 2.05) is 17.1 Å². The number of anilines is 2. The summed E-state index contributed by atoms with van der Waals surface area (Å²) < 4.78 is 38.8. The zero-order chi connectivity index (χ0) is 19.0. The van der Waals surface area contributed by atoms with E-state index in [1.165, 1.54) is 12.1 Å². The number of nitrogens with zero attached hydrogens (tertiary/aromatic N) is 4. The van der Waals surface area contributed by atoms with Gasteiger partial charge < -0.3 is 4.90 Å². The third-order valence-corrected chi connectivity index (χ3v) is 4.59. The van der Waals surface area contributed by atoms with Crippen molar-refractivity contribution < 1.29 is 13.2 Å². The van der Waals surface area contributed by atoms with Gasteiger partial charge in [0.25, 0.3) is 0 Å². The van der Waals surface area contributed by atoms with Gasteiger partial charge >= 0.3 is 6.18 Å². The molecule has 2 aromatic heterocycles. The van der Waals surface area contributed by atoms with Crippen molar-refractivity contribution in [1.82, 2.24) is 15.2 Å². The van der Waals surface area contributed by atoms with E-state index in [9.17, 15) is 13.2 Å². The van der Waals surface area contributed by atoms with Crippen molar-refractivity contribution in [2.45, 2.75) is 12.2 Å². The monoisotopic (exact) mass is 388 g/mol. The molecular formula is C19H12ClF3N4. The first kappa shape index (κ1) is 17.5. The molecule has 8 heteroatoms. The molecule has 27 heavy (non-hydrogen) atoms. The van der Waals surface area contributed by atoms with Crippen molar-refractivity contribution in [1.29, 1.82) is 0 Å².